The summed E-state index contributed by atoms with van der Waals surface area (Å²) < 4.78 is 6.00. The summed E-state index contributed by atoms with van der Waals surface area (Å²) in [6.07, 6.45) is 0.724. The van der Waals surface area contributed by atoms with Gasteiger partial charge in [-0.2, -0.15) is 0 Å². The highest BCUT2D eigenvalue weighted by Gasteiger charge is 2.22. The third kappa shape index (κ3) is 3.64. The Morgan fingerprint density at radius 3 is 2.41 bits per heavy atom. The van der Waals surface area contributed by atoms with Crippen molar-refractivity contribution in [3.63, 3.8) is 0 Å². The molecule has 1 aromatic heterocycles. The Kier molecular flexibility index (Phi) is 4.89. The first-order valence-electron chi connectivity index (χ1n) is 5.63. The van der Waals surface area contributed by atoms with Crippen molar-refractivity contribution in [3.8, 4) is 0 Å². The van der Waals surface area contributed by atoms with Gasteiger partial charge in [0.15, 0.2) is 0 Å². The van der Waals surface area contributed by atoms with Crippen LogP contribution >= 0.6 is 15.9 Å². The van der Waals surface area contributed by atoms with E-state index in [9.17, 15) is 0 Å². The summed E-state index contributed by atoms with van der Waals surface area (Å²) >= 11 is 3.56. The smallest absolute Gasteiger partial charge is 0.144 e. The summed E-state index contributed by atoms with van der Waals surface area (Å²) in [5.41, 5.74) is 0.998. The molecule has 0 spiro atoms. The molecule has 96 valence electrons. The molecule has 0 aromatic carbocycles. The Balaban J connectivity index is 3.19. The number of halogens is 1. The topological polar surface area (TPSA) is 47.0 Å². The lowest BCUT2D eigenvalue weighted by Crippen LogP contribution is -2.18. The lowest BCUT2D eigenvalue weighted by atomic mass is 9.92. The first-order valence-corrected chi connectivity index (χ1v) is 6.43. The van der Waals surface area contributed by atoms with Crippen LogP contribution in [-0.2, 0) is 16.6 Å². The molecule has 0 aliphatic heterocycles. The molecule has 4 nitrogen and oxygen atoms in total. The predicted molar refractivity (Wildman–Crippen MR) is 73.6 cm³/mol. The molecule has 0 amide bonds. The second kappa shape index (κ2) is 5.78. The highest BCUT2D eigenvalue weighted by Crippen LogP contribution is 2.32. The van der Waals surface area contributed by atoms with Crippen molar-refractivity contribution in [1.29, 1.82) is 0 Å². The molecule has 0 radical (unpaired) electrons. The van der Waals surface area contributed by atoms with Crippen LogP contribution in [0.15, 0.2) is 4.47 Å². The standard InChI is InChI=1S/C12H20BrN3O/c1-12(2,3)10-9(13)11(14-4)16-8(15-10)6-7-17-5/h6-7H2,1-5H3,(H,14,15,16). The van der Waals surface area contributed by atoms with E-state index in [1.807, 2.05) is 7.05 Å². The summed E-state index contributed by atoms with van der Waals surface area (Å²) in [4.78, 5) is 9.07. The summed E-state index contributed by atoms with van der Waals surface area (Å²) in [6, 6.07) is 0. The number of nitrogens with zero attached hydrogens (tertiary/aromatic N) is 2. The molecule has 5 heteroatoms. The maximum atomic E-state index is 5.06. The first-order chi connectivity index (χ1) is 7.90. The average molecular weight is 302 g/mol. The number of hydrogen-bond donors (Lipinski definition) is 1. The highest BCUT2D eigenvalue weighted by atomic mass is 79.9. The molecule has 0 saturated carbocycles. The molecule has 0 bridgehead atoms. The zero-order valence-electron chi connectivity index (χ0n) is 11.1. The summed E-state index contributed by atoms with van der Waals surface area (Å²) in [5, 5.41) is 3.09. The summed E-state index contributed by atoms with van der Waals surface area (Å²) in [6.45, 7) is 7.05. The predicted octanol–water partition coefficient (Wildman–Crippen LogP) is 2.77. The van der Waals surface area contributed by atoms with Crippen LogP contribution in [0.25, 0.3) is 0 Å². The number of methoxy groups -OCH3 is 1. The van der Waals surface area contributed by atoms with Gasteiger partial charge in [-0.15, -0.1) is 0 Å². The average Bonchev–Trinajstić information content (AvgIpc) is 2.26. The van der Waals surface area contributed by atoms with Crippen LogP contribution in [0.1, 0.15) is 32.3 Å². The molecule has 1 aromatic rings. The second-order valence-electron chi connectivity index (χ2n) is 4.89. The maximum absolute atomic E-state index is 5.06. The van der Waals surface area contributed by atoms with Crippen molar-refractivity contribution < 1.29 is 4.74 Å². The Morgan fingerprint density at radius 1 is 1.29 bits per heavy atom. The van der Waals surface area contributed by atoms with Gasteiger partial charge in [0.05, 0.1) is 16.8 Å². The van der Waals surface area contributed by atoms with Crippen molar-refractivity contribution in [2.75, 3.05) is 26.1 Å². The lowest BCUT2D eigenvalue weighted by molar-refractivity contribution is 0.200. The van der Waals surface area contributed by atoms with Gasteiger partial charge in [0.2, 0.25) is 0 Å². The Hall–Kier alpha value is -0.680. The van der Waals surface area contributed by atoms with E-state index in [0.29, 0.717) is 6.61 Å². The van der Waals surface area contributed by atoms with Crippen LogP contribution in [0.4, 0.5) is 5.82 Å². The summed E-state index contributed by atoms with van der Waals surface area (Å²) in [7, 11) is 3.54. The van der Waals surface area contributed by atoms with Gasteiger partial charge in [-0.25, -0.2) is 9.97 Å². The Bertz CT molecular complexity index is 388. The molecule has 1 N–H and O–H groups in total. The van der Waals surface area contributed by atoms with Crippen LogP contribution in [0.2, 0.25) is 0 Å². The van der Waals surface area contributed by atoms with Gasteiger partial charge in [0.25, 0.3) is 0 Å². The minimum Gasteiger partial charge on any atom is -0.384 e. The van der Waals surface area contributed by atoms with Gasteiger partial charge < -0.3 is 10.1 Å². The molecule has 1 rings (SSSR count). The van der Waals surface area contributed by atoms with Gasteiger partial charge in [0, 0.05) is 26.0 Å². The van der Waals surface area contributed by atoms with Gasteiger partial charge in [-0.3, -0.25) is 0 Å². The SMILES string of the molecule is CNc1nc(CCOC)nc(C(C)(C)C)c1Br. The van der Waals surface area contributed by atoms with E-state index < -0.39 is 0 Å². The maximum Gasteiger partial charge on any atom is 0.144 e. The molecule has 1 heterocycles. The number of rotatable bonds is 4. The monoisotopic (exact) mass is 301 g/mol. The number of anilines is 1. The van der Waals surface area contributed by atoms with Crippen LogP contribution < -0.4 is 5.32 Å². The van der Waals surface area contributed by atoms with Crippen molar-refractivity contribution >= 4 is 21.7 Å². The van der Waals surface area contributed by atoms with Gasteiger partial charge >= 0.3 is 0 Å². The molecule has 0 atom stereocenters. The van der Waals surface area contributed by atoms with E-state index in [-0.39, 0.29) is 5.41 Å². The molecular formula is C12H20BrN3O. The van der Waals surface area contributed by atoms with Gasteiger partial charge in [-0.05, 0) is 15.9 Å². The first kappa shape index (κ1) is 14.4. The van der Waals surface area contributed by atoms with Crippen LogP contribution in [-0.4, -0.2) is 30.7 Å². The van der Waals surface area contributed by atoms with E-state index in [1.54, 1.807) is 7.11 Å². The zero-order chi connectivity index (χ0) is 13.1. The molecule has 0 saturated heterocycles. The van der Waals surface area contributed by atoms with Crippen molar-refractivity contribution in [2.45, 2.75) is 32.6 Å². The number of hydrogen-bond acceptors (Lipinski definition) is 4. The van der Waals surface area contributed by atoms with Crippen molar-refractivity contribution in [1.82, 2.24) is 9.97 Å². The zero-order valence-corrected chi connectivity index (χ0v) is 12.7. The highest BCUT2D eigenvalue weighted by molar-refractivity contribution is 9.10. The largest absolute Gasteiger partial charge is 0.384 e. The number of aromatic nitrogens is 2. The molecule has 0 fully saturated rings. The van der Waals surface area contributed by atoms with Gasteiger partial charge in [-0.1, -0.05) is 20.8 Å². The minimum atomic E-state index is -0.0187. The van der Waals surface area contributed by atoms with E-state index in [0.717, 1.165) is 28.2 Å². The van der Waals surface area contributed by atoms with Crippen molar-refractivity contribution in [3.05, 3.63) is 16.0 Å². The fourth-order valence-corrected chi connectivity index (χ4v) is 2.43. The molecule has 17 heavy (non-hydrogen) atoms. The van der Waals surface area contributed by atoms with E-state index in [4.69, 9.17) is 4.74 Å². The Morgan fingerprint density at radius 2 is 1.94 bits per heavy atom. The molecule has 0 aliphatic rings. The fraction of sp³-hybridized carbons (Fsp3) is 0.667. The third-order valence-electron chi connectivity index (χ3n) is 2.37. The van der Waals surface area contributed by atoms with Crippen molar-refractivity contribution in [2.24, 2.45) is 0 Å². The molecular weight excluding hydrogens is 282 g/mol. The molecule has 0 aliphatic carbocycles. The van der Waals surface area contributed by atoms with E-state index in [2.05, 4.69) is 52.0 Å². The van der Waals surface area contributed by atoms with Crippen LogP contribution in [0, 0.1) is 0 Å². The number of ether oxygens (including phenoxy) is 1. The third-order valence-corrected chi connectivity index (χ3v) is 3.13. The Labute approximate surface area is 111 Å². The number of nitrogens with one attached hydrogen (secondary N) is 1. The molecule has 0 unspecified atom stereocenters. The fourth-order valence-electron chi connectivity index (χ4n) is 1.46. The van der Waals surface area contributed by atoms with Crippen LogP contribution in [0.5, 0.6) is 0 Å². The second-order valence-corrected chi connectivity index (χ2v) is 5.69. The minimum absolute atomic E-state index is 0.0187. The summed E-state index contributed by atoms with van der Waals surface area (Å²) in [5.74, 6) is 1.64. The quantitative estimate of drug-likeness (QED) is 0.929. The van der Waals surface area contributed by atoms with E-state index >= 15 is 0 Å². The van der Waals surface area contributed by atoms with Crippen LogP contribution in [0.3, 0.4) is 0 Å². The van der Waals surface area contributed by atoms with Gasteiger partial charge in [0.1, 0.15) is 11.6 Å². The van der Waals surface area contributed by atoms with E-state index in [1.165, 1.54) is 0 Å². The lowest BCUT2D eigenvalue weighted by Gasteiger charge is -2.21. The normalized spacial score (nSPS) is 11.6.